The molecule has 150 valence electrons. The van der Waals surface area contributed by atoms with Crippen molar-refractivity contribution in [2.24, 2.45) is 0 Å². The lowest BCUT2D eigenvalue weighted by Gasteiger charge is -2.28. The summed E-state index contributed by atoms with van der Waals surface area (Å²) in [4.78, 5) is 14.7. The van der Waals surface area contributed by atoms with E-state index in [1.165, 1.54) is 26.4 Å². The first kappa shape index (κ1) is 19.9. The second-order valence-corrected chi connectivity index (χ2v) is 8.61. The van der Waals surface area contributed by atoms with Crippen molar-refractivity contribution < 1.29 is 22.7 Å². The molecule has 1 aromatic carbocycles. The number of sulfonamides is 1. The number of hydrogen-bond acceptors (Lipinski definition) is 6. The predicted octanol–water partition coefficient (Wildman–Crippen LogP) is 0.725. The third-order valence-corrected chi connectivity index (χ3v) is 6.70. The minimum absolute atomic E-state index is 0.0150. The highest BCUT2D eigenvalue weighted by Gasteiger charge is 2.37. The molecule has 1 aromatic rings. The van der Waals surface area contributed by atoms with Crippen molar-refractivity contribution in [3.63, 3.8) is 0 Å². The third-order valence-electron chi connectivity index (χ3n) is 5.24. The number of carbonyl (C=O) groups is 1. The van der Waals surface area contributed by atoms with Crippen LogP contribution in [-0.2, 0) is 14.8 Å². The minimum atomic E-state index is -3.73. The van der Waals surface area contributed by atoms with Gasteiger partial charge in [-0.2, -0.15) is 0 Å². The Kier molecular flexibility index (Phi) is 6.23. The molecule has 0 aromatic heterocycles. The van der Waals surface area contributed by atoms with Gasteiger partial charge in [-0.3, -0.25) is 4.79 Å². The van der Waals surface area contributed by atoms with E-state index in [1.807, 2.05) is 4.90 Å². The van der Waals surface area contributed by atoms with Gasteiger partial charge in [0.05, 0.1) is 19.1 Å². The van der Waals surface area contributed by atoms with Gasteiger partial charge in [-0.25, -0.2) is 13.1 Å². The summed E-state index contributed by atoms with van der Waals surface area (Å²) in [7, 11) is -0.795. The number of hydrogen-bond donors (Lipinski definition) is 2. The zero-order valence-electron chi connectivity index (χ0n) is 15.7. The van der Waals surface area contributed by atoms with E-state index in [1.54, 1.807) is 6.07 Å². The first-order chi connectivity index (χ1) is 13.0. The van der Waals surface area contributed by atoms with Crippen LogP contribution in [0.3, 0.4) is 0 Å². The molecule has 2 atom stereocenters. The van der Waals surface area contributed by atoms with E-state index in [-0.39, 0.29) is 35.9 Å². The number of benzene rings is 1. The van der Waals surface area contributed by atoms with E-state index >= 15 is 0 Å². The molecule has 8 nitrogen and oxygen atoms in total. The highest BCUT2D eigenvalue weighted by Crippen LogP contribution is 2.30. The topological polar surface area (TPSA) is 97.0 Å². The molecule has 2 aliphatic heterocycles. The summed E-state index contributed by atoms with van der Waals surface area (Å²) in [5.41, 5.74) is 0. The maximum absolute atomic E-state index is 12.6. The highest BCUT2D eigenvalue weighted by atomic mass is 32.2. The molecule has 0 saturated carbocycles. The number of amides is 1. The number of carbonyl (C=O) groups excluding carboxylic acids is 1. The molecule has 2 N–H and O–H groups in total. The number of rotatable bonds is 7. The molecule has 9 heteroatoms. The molecule has 2 aliphatic rings. The van der Waals surface area contributed by atoms with Crippen molar-refractivity contribution in [2.45, 2.75) is 42.7 Å². The molecule has 2 heterocycles. The number of fused-ring (bicyclic) bond motifs is 2. The van der Waals surface area contributed by atoms with Crippen LogP contribution in [0.4, 0.5) is 0 Å². The normalized spacial score (nSPS) is 22.4. The van der Waals surface area contributed by atoms with Gasteiger partial charge in [0, 0.05) is 37.7 Å². The molecular formula is C18H27N3O5S. The summed E-state index contributed by atoms with van der Waals surface area (Å²) in [6.07, 6.45) is 3.16. The molecule has 3 rings (SSSR count). The average Bonchev–Trinajstić information content (AvgIpc) is 2.93. The average molecular weight is 397 g/mol. The van der Waals surface area contributed by atoms with Crippen LogP contribution in [-0.4, -0.2) is 65.2 Å². The van der Waals surface area contributed by atoms with Crippen LogP contribution in [0.25, 0.3) is 0 Å². The highest BCUT2D eigenvalue weighted by molar-refractivity contribution is 7.89. The fraction of sp³-hybridized carbons (Fsp3) is 0.611. The lowest BCUT2D eigenvalue weighted by atomic mass is 10.1. The smallest absolute Gasteiger partial charge is 0.240 e. The first-order valence-corrected chi connectivity index (χ1v) is 10.7. The third kappa shape index (κ3) is 4.36. The van der Waals surface area contributed by atoms with Gasteiger partial charge in [-0.1, -0.05) is 0 Å². The number of methoxy groups -OCH3 is 2. The van der Waals surface area contributed by atoms with Crippen LogP contribution in [0.2, 0.25) is 0 Å². The summed E-state index contributed by atoms with van der Waals surface area (Å²) in [5.74, 6) is 0.809. The van der Waals surface area contributed by atoms with Crippen LogP contribution in [0.5, 0.6) is 11.5 Å². The Morgan fingerprint density at radius 2 is 1.93 bits per heavy atom. The Morgan fingerprint density at radius 3 is 2.67 bits per heavy atom. The van der Waals surface area contributed by atoms with Crippen molar-refractivity contribution in [1.29, 1.82) is 0 Å². The quantitative estimate of drug-likeness (QED) is 0.704. The van der Waals surface area contributed by atoms with Crippen LogP contribution in [0.15, 0.2) is 23.1 Å². The standard InChI is InChI=1S/C18H27N3O5S/c1-25-16-6-5-15(11-17(16)26-2)27(23,24)20-10-8-18(22)21-13-3-4-14(21)12-19-9-7-13/h5-6,11,13-14,19-20H,3-4,7-10,12H2,1-2H3. The van der Waals surface area contributed by atoms with Gasteiger partial charge in [0.2, 0.25) is 15.9 Å². The van der Waals surface area contributed by atoms with E-state index in [0.717, 1.165) is 32.4 Å². The van der Waals surface area contributed by atoms with Crippen molar-refractivity contribution in [3.05, 3.63) is 18.2 Å². The lowest BCUT2D eigenvalue weighted by Crippen LogP contribution is -2.43. The Bertz CT molecular complexity index is 769. The number of nitrogens with one attached hydrogen (secondary N) is 2. The lowest BCUT2D eigenvalue weighted by molar-refractivity contribution is -0.133. The van der Waals surface area contributed by atoms with Crippen molar-refractivity contribution in [2.75, 3.05) is 33.9 Å². The summed E-state index contributed by atoms with van der Waals surface area (Å²) >= 11 is 0. The largest absolute Gasteiger partial charge is 0.493 e. The van der Waals surface area contributed by atoms with E-state index < -0.39 is 10.0 Å². The van der Waals surface area contributed by atoms with Crippen molar-refractivity contribution >= 4 is 15.9 Å². The van der Waals surface area contributed by atoms with Crippen molar-refractivity contribution in [1.82, 2.24) is 14.9 Å². The number of nitrogens with zero attached hydrogens (tertiary/aromatic N) is 1. The first-order valence-electron chi connectivity index (χ1n) is 9.20. The van der Waals surface area contributed by atoms with Crippen molar-refractivity contribution in [3.8, 4) is 11.5 Å². The van der Waals surface area contributed by atoms with E-state index in [2.05, 4.69) is 10.0 Å². The van der Waals surface area contributed by atoms with E-state index in [9.17, 15) is 13.2 Å². The van der Waals surface area contributed by atoms with Crippen LogP contribution < -0.4 is 19.5 Å². The molecule has 1 amide bonds. The molecule has 2 fully saturated rings. The SMILES string of the molecule is COc1ccc(S(=O)(=O)NCCC(=O)N2C3CCNCC2CC3)cc1OC. The van der Waals surface area contributed by atoms with Gasteiger partial charge in [-0.05, 0) is 37.9 Å². The monoisotopic (exact) mass is 397 g/mol. The minimum Gasteiger partial charge on any atom is -0.493 e. The van der Waals surface area contributed by atoms with Gasteiger partial charge in [-0.15, -0.1) is 0 Å². The number of ether oxygens (including phenoxy) is 2. The zero-order valence-corrected chi connectivity index (χ0v) is 16.5. The molecule has 0 aliphatic carbocycles. The molecule has 0 spiro atoms. The summed E-state index contributed by atoms with van der Waals surface area (Å²) in [6, 6.07) is 4.91. The molecule has 2 saturated heterocycles. The van der Waals surface area contributed by atoms with E-state index in [4.69, 9.17) is 9.47 Å². The second kappa shape index (κ2) is 8.45. The van der Waals surface area contributed by atoms with Gasteiger partial charge in [0.25, 0.3) is 0 Å². The van der Waals surface area contributed by atoms with Gasteiger partial charge in [0.1, 0.15) is 0 Å². The van der Waals surface area contributed by atoms with Gasteiger partial charge >= 0.3 is 0 Å². The van der Waals surface area contributed by atoms with Gasteiger partial charge in [0.15, 0.2) is 11.5 Å². The Labute approximate surface area is 160 Å². The Hall–Kier alpha value is -1.84. The van der Waals surface area contributed by atoms with E-state index in [0.29, 0.717) is 11.5 Å². The molecule has 0 radical (unpaired) electrons. The summed E-state index contributed by atoms with van der Waals surface area (Å²) < 4.78 is 37.8. The summed E-state index contributed by atoms with van der Waals surface area (Å²) in [6.45, 7) is 1.81. The van der Waals surface area contributed by atoms with Gasteiger partial charge < -0.3 is 19.7 Å². The van der Waals surface area contributed by atoms with Crippen LogP contribution in [0.1, 0.15) is 25.7 Å². The zero-order chi connectivity index (χ0) is 19.4. The fourth-order valence-corrected chi connectivity index (χ4v) is 4.92. The van der Waals surface area contributed by atoms with Crippen LogP contribution in [0, 0.1) is 0 Å². The fourth-order valence-electron chi connectivity index (χ4n) is 3.88. The molecule has 2 unspecified atom stereocenters. The maximum atomic E-state index is 12.6. The Balaban J connectivity index is 1.60. The second-order valence-electron chi connectivity index (χ2n) is 6.84. The predicted molar refractivity (Wildman–Crippen MR) is 100 cm³/mol. The maximum Gasteiger partial charge on any atom is 0.240 e. The molecule has 27 heavy (non-hydrogen) atoms. The molecule has 2 bridgehead atoms. The molecular weight excluding hydrogens is 370 g/mol. The summed E-state index contributed by atoms with van der Waals surface area (Å²) in [5, 5.41) is 3.36. The van der Waals surface area contributed by atoms with Crippen LogP contribution >= 0.6 is 0 Å². The Morgan fingerprint density at radius 1 is 1.19 bits per heavy atom.